The number of aryl methyl sites for hydroxylation is 1. The second kappa shape index (κ2) is 9.17. The number of carbonyl (C=O) groups excluding carboxylic acids is 2. The third-order valence-corrected chi connectivity index (χ3v) is 8.35. The van der Waals surface area contributed by atoms with Gasteiger partial charge in [0, 0.05) is 25.0 Å². The highest BCUT2D eigenvalue weighted by Gasteiger charge is 2.50. The molecule has 1 unspecified atom stereocenters. The van der Waals surface area contributed by atoms with E-state index in [1.165, 1.54) is 11.1 Å². The minimum absolute atomic E-state index is 0.0390. The molecule has 1 aliphatic carbocycles. The van der Waals surface area contributed by atoms with Gasteiger partial charge in [0.1, 0.15) is 5.69 Å². The van der Waals surface area contributed by atoms with Gasteiger partial charge in [-0.05, 0) is 91.6 Å². The van der Waals surface area contributed by atoms with Gasteiger partial charge in [0.15, 0.2) is 0 Å². The van der Waals surface area contributed by atoms with Crippen molar-refractivity contribution in [3.63, 3.8) is 0 Å². The fourth-order valence-electron chi connectivity index (χ4n) is 6.34. The molecule has 2 aromatic carbocycles. The van der Waals surface area contributed by atoms with Gasteiger partial charge in [-0.25, -0.2) is 0 Å². The van der Waals surface area contributed by atoms with Crippen molar-refractivity contribution in [1.29, 1.82) is 0 Å². The van der Waals surface area contributed by atoms with E-state index in [1.807, 2.05) is 30.3 Å². The average molecular weight is 481 g/mol. The van der Waals surface area contributed by atoms with E-state index in [9.17, 15) is 9.59 Å². The monoisotopic (exact) mass is 480 g/mol. The van der Waals surface area contributed by atoms with Crippen LogP contribution in [0.4, 0.5) is 5.69 Å². The third kappa shape index (κ3) is 3.99. The minimum atomic E-state index is -0.583. The first kappa shape index (κ1) is 22.9. The summed E-state index contributed by atoms with van der Waals surface area (Å²) < 4.78 is 0. The van der Waals surface area contributed by atoms with Crippen LogP contribution in [0, 0.1) is 6.92 Å². The summed E-state index contributed by atoms with van der Waals surface area (Å²) in [6, 6.07) is 18.5. The second-order valence-electron chi connectivity index (χ2n) is 10.5. The zero-order valence-electron chi connectivity index (χ0n) is 20.7. The van der Waals surface area contributed by atoms with Gasteiger partial charge in [0.05, 0.1) is 5.41 Å². The predicted molar refractivity (Wildman–Crippen MR) is 140 cm³/mol. The minimum Gasteiger partial charge on any atom is -0.349 e. The number of carbonyl (C=O) groups is 2. The number of para-hydroxylation sites is 1. The smallest absolute Gasteiger partial charge is 0.269 e. The lowest BCUT2D eigenvalue weighted by atomic mass is 9.79. The van der Waals surface area contributed by atoms with Crippen molar-refractivity contribution < 1.29 is 9.59 Å². The van der Waals surface area contributed by atoms with E-state index in [-0.39, 0.29) is 11.8 Å². The number of benzene rings is 2. The summed E-state index contributed by atoms with van der Waals surface area (Å²) in [6.45, 7) is 5.75. The molecular weight excluding hydrogens is 448 g/mol. The number of nitrogens with zero attached hydrogens (tertiary/aromatic N) is 2. The summed E-state index contributed by atoms with van der Waals surface area (Å²) in [5.74, 6) is 0.520. The van der Waals surface area contributed by atoms with Gasteiger partial charge in [0.2, 0.25) is 5.91 Å². The van der Waals surface area contributed by atoms with Crippen LogP contribution in [0.2, 0.25) is 0 Å². The molecule has 0 bridgehead atoms. The zero-order chi connectivity index (χ0) is 24.7. The first-order valence-corrected chi connectivity index (χ1v) is 13.0. The molecule has 6 rings (SSSR count). The van der Waals surface area contributed by atoms with Crippen molar-refractivity contribution in [3.05, 3.63) is 94.3 Å². The van der Waals surface area contributed by atoms with E-state index in [1.54, 1.807) is 6.20 Å². The number of amides is 2. The Kier molecular flexibility index (Phi) is 5.84. The maximum Gasteiger partial charge on any atom is 0.269 e. The lowest BCUT2D eigenvalue weighted by Gasteiger charge is -2.32. The molecule has 3 heterocycles. The molecule has 6 heteroatoms. The van der Waals surface area contributed by atoms with Crippen molar-refractivity contribution in [2.24, 2.45) is 0 Å². The number of hydrogen-bond donors (Lipinski definition) is 2. The van der Waals surface area contributed by atoms with Crippen LogP contribution in [0.15, 0.2) is 60.8 Å². The van der Waals surface area contributed by atoms with E-state index in [2.05, 4.69) is 51.7 Å². The Bertz CT molecular complexity index is 1330. The van der Waals surface area contributed by atoms with Gasteiger partial charge >= 0.3 is 0 Å². The molecular formula is C30H32N4O2. The van der Waals surface area contributed by atoms with Crippen LogP contribution in [0.1, 0.15) is 57.1 Å². The molecule has 0 radical (unpaired) electrons. The third-order valence-electron chi connectivity index (χ3n) is 8.35. The molecule has 36 heavy (non-hydrogen) atoms. The summed E-state index contributed by atoms with van der Waals surface area (Å²) in [4.78, 5) is 32.7. The summed E-state index contributed by atoms with van der Waals surface area (Å²) >= 11 is 0. The van der Waals surface area contributed by atoms with Gasteiger partial charge < -0.3 is 15.5 Å². The SMILES string of the molecule is Cc1ccccc1C1CCN(CCNC(=O)c2cc3c(cn2)CC2(C3)C(=O)Nc3ccccc32)CC1. The Balaban J connectivity index is 1.04. The highest BCUT2D eigenvalue weighted by Crippen LogP contribution is 2.47. The Morgan fingerprint density at radius 1 is 1.08 bits per heavy atom. The fourth-order valence-corrected chi connectivity index (χ4v) is 6.34. The van der Waals surface area contributed by atoms with E-state index in [4.69, 9.17) is 0 Å². The average Bonchev–Trinajstić information content (AvgIpc) is 3.41. The number of fused-ring (bicyclic) bond motifs is 3. The largest absolute Gasteiger partial charge is 0.349 e. The molecule has 1 saturated heterocycles. The lowest BCUT2D eigenvalue weighted by Crippen LogP contribution is -2.39. The van der Waals surface area contributed by atoms with E-state index < -0.39 is 5.41 Å². The van der Waals surface area contributed by atoms with Crippen molar-refractivity contribution in [3.8, 4) is 0 Å². The summed E-state index contributed by atoms with van der Waals surface area (Å²) in [6.07, 6.45) is 5.32. The Morgan fingerprint density at radius 3 is 2.67 bits per heavy atom. The van der Waals surface area contributed by atoms with Crippen LogP contribution in [-0.2, 0) is 23.1 Å². The molecule has 2 N–H and O–H groups in total. The van der Waals surface area contributed by atoms with Gasteiger partial charge in [0.25, 0.3) is 5.91 Å². The highest BCUT2D eigenvalue weighted by atomic mass is 16.2. The van der Waals surface area contributed by atoms with Crippen molar-refractivity contribution in [2.75, 3.05) is 31.5 Å². The Labute approximate surface area is 212 Å². The number of rotatable bonds is 5. The molecule has 3 aliphatic rings. The number of anilines is 1. The number of pyridine rings is 1. The molecule has 1 fully saturated rings. The van der Waals surface area contributed by atoms with Crippen LogP contribution in [-0.4, -0.2) is 47.9 Å². The summed E-state index contributed by atoms with van der Waals surface area (Å²) in [5.41, 5.74) is 6.74. The first-order valence-electron chi connectivity index (χ1n) is 13.0. The van der Waals surface area contributed by atoms with Gasteiger partial charge in [-0.2, -0.15) is 0 Å². The highest BCUT2D eigenvalue weighted by molar-refractivity contribution is 6.07. The first-order chi connectivity index (χ1) is 17.5. The van der Waals surface area contributed by atoms with Crippen molar-refractivity contribution in [1.82, 2.24) is 15.2 Å². The standard InChI is InChI=1S/C30H32N4O2/c1-20-6-2-3-7-24(20)21-10-13-34(14-11-21)15-12-31-28(35)27-16-22-17-30(18-23(22)19-32-27)25-8-4-5-9-26(25)33-29(30)36/h2-9,16,19,21H,10-15,17-18H2,1H3,(H,31,35)(H,33,36). The second-order valence-corrected chi connectivity index (χ2v) is 10.5. The zero-order valence-corrected chi connectivity index (χ0v) is 20.7. The summed E-state index contributed by atoms with van der Waals surface area (Å²) in [7, 11) is 0. The number of likely N-dealkylation sites (tertiary alicyclic amines) is 1. The molecule has 2 amide bonds. The number of aromatic nitrogens is 1. The number of hydrogen-bond acceptors (Lipinski definition) is 4. The topological polar surface area (TPSA) is 74.3 Å². The van der Waals surface area contributed by atoms with E-state index in [0.717, 1.165) is 54.9 Å². The molecule has 0 saturated carbocycles. The summed E-state index contributed by atoms with van der Waals surface area (Å²) in [5, 5.41) is 6.09. The molecule has 1 atom stereocenters. The Hall–Kier alpha value is -3.51. The van der Waals surface area contributed by atoms with E-state index in [0.29, 0.717) is 31.0 Å². The number of nitrogens with one attached hydrogen (secondary N) is 2. The number of piperidine rings is 1. The quantitative estimate of drug-likeness (QED) is 0.579. The lowest BCUT2D eigenvalue weighted by molar-refractivity contribution is -0.120. The Morgan fingerprint density at radius 2 is 1.83 bits per heavy atom. The van der Waals surface area contributed by atoms with Crippen LogP contribution >= 0.6 is 0 Å². The molecule has 6 nitrogen and oxygen atoms in total. The van der Waals surface area contributed by atoms with Crippen LogP contribution in [0.25, 0.3) is 0 Å². The molecule has 1 spiro atoms. The normalized spacial score (nSPS) is 21.3. The predicted octanol–water partition coefficient (Wildman–Crippen LogP) is 3.99. The van der Waals surface area contributed by atoms with Crippen molar-refractivity contribution >= 4 is 17.5 Å². The molecule has 184 valence electrons. The molecule has 3 aromatic rings. The van der Waals surface area contributed by atoms with Crippen LogP contribution in [0.3, 0.4) is 0 Å². The van der Waals surface area contributed by atoms with Gasteiger partial charge in [-0.15, -0.1) is 0 Å². The fraction of sp³-hybridized carbons (Fsp3) is 0.367. The van der Waals surface area contributed by atoms with Crippen molar-refractivity contribution in [2.45, 2.75) is 43.9 Å². The maximum absolute atomic E-state index is 12.9. The molecule has 1 aromatic heterocycles. The van der Waals surface area contributed by atoms with Crippen LogP contribution in [0.5, 0.6) is 0 Å². The maximum atomic E-state index is 12.9. The van der Waals surface area contributed by atoms with Gasteiger partial charge in [-0.1, -0.05) is 42.5 Å². The van der Waals surface area contributed by atoms with Gasteiger partial charge in [-0.3, -0.25) is 14.6 Å². The van der Waals surface area contributed by atoms with Crippen LogP contribution < -0.4 is 10.6 Å². The molecule has 2 aliphatic heterocycles. The van der Waals surface area contributed by atoms with E-state index >= 15 is 0 Å².